The van der Waals surface area contributed by atoms with Gasteiger partial charge in [-0.3, -0.25) is 9.59 Å². The molecule has 0 heterocycles. The highest BCUT2D eigenvalue weighted by Crippen LogP contribution is 2.34. The zero-order valence-corrected chi connectivity index (χ0v) is 18.6. The molecule has 0 aromatic rings. The van der Waals surface area contributed by atoms with Crippen LogP contribution in [0.4, 0.5) is 0 Å². The quantitative estimate of drug-likeness (QED) is 0.269. The summed E-state index contributed by atoms with van der Waals surface area (Å²) in [6, 6.07) is 0. The van der Waals surface area contributed by atoms with Crippen LogP contribution in [0.15, 0.2) is 24.3 Å². The van der Waals surface area contributed by atoms with Gasteiger partial charge in [0, 0.05) is 24.7 Å². The minimum absolute atomic E-state index is 0.0344. The lowest BCUT2D eigenvalue weighted by Crippen LogP contribution is -2.23. The van der Waals surface area contributed by atoms with Gasteiger partial charge in [-0.1, -0.05) is 57.4 Å². The van der Waals surface area contributed by atoms with Crippen LogP contribution in [0.2, 0.25) is 0 Å². The molecule has 1 saturated carbocycles. The molecule has 0 saturated heterocycles. The summed E-state index contributed by atoms with van der Waals surface area (Å²) in [5.41, 5.74) is -0.925. The summed E-state index contributed by atoms with van der Waals surface area (Å²) in [7, 11) is 0. The normalized spacial score (nSPS) is 25.6. The molecule has 1 unspecified atom stereocenters. The molecular formula is C24H40O5. The fourth-order valence-electron chi connectivity index (χ4n) is 3.82. The van der Waals surface area contributed by atoms with E-state index in [2.05, 4.69) is 6.92 Å². The Morgan fingerprint density at radius 3 is 2.69 bits per heavy atom. The predicted octanol–water partition coefficient (Wildman–Crippen LogP) is 4.37. The standard InChI is InChI=1S/C24H40O5/c1-5-7-10-14-24(4,28)15-13-20-19(21(25)17-22(20)26)12-9-8-11-18(3)16-23(27)29-6-2/h8-9,13,15,18-21,25,28H,5-7,10-12,14,16-17H2,1-4H3/b9-8-,15-13+/t18?,19-,20-,21+,24+/m1/s1. The number of carbonyl (C=O) groups is 2. The van der Waals surface area contributed by atoms with Crippen LogP contribution < -0.4 is 0 Å². The van der Waals surface area contributed by atoms with E-state index < -0.39 is 11.7 Å². The monoisotopic (exact) mass is 408 g/mol. The van der Waals surface area contributed by atoms with Crippen LogP contribution in [0.25, 0.3) is 0 Å². The molecule has 5 heteroatoms. The third kappa shape index (κ3) is 9.72. The van der Waals surface area contributed by atoms with Crippen LogP contribution in [0.3, 0.4) is 0 Å². The van der Waals surface area contributed by atoms with Gasteiger partial charge in [-0.25, -0.2) is 0 Å². The molecule has 166 valence electrons. The first-order valence-electron chi connectivity index (χ1n) is 11.1. The van der Waals surface area contributed by atoms with E-state index in [1.54, 1.807) is 26.0 Å². The largest absolute Gasteiger partial charge is 0.466 e. The van der Waals surface area contributed by atoms with E-state index in [4.69, 9.17) is 4.74 Å². The Bertz CT molecular complexity index is 564. The maximum Gasteiger partial charge on any atom is 0.306 e. The second-order valence-electron chi connectivity index (χ2n) is 8.66. The average Bonchev–Trinajstić information content (AvgIpc) is 2.90. The van der Waals surface area contributed by atoms with Crippen molar-refractivity contribution in [3.8, 4) is 0 Å². The Balaban J connectivity index is 2.58. The summed E-state index contributed by atoms with van der Waals surface area (Å²) in [6.07, 6.45) is 12.6. The van der Waals surface area contributed by atoms with E-state index >= 15 is 0 Å². The van der Waals surface area contributed by atoms with Gasteiger partial charge in [0.1, 0.15) is 5.78 Å². The second-order valence-corrected chi connectivity index (χ2v) is 8.66. The number of esters is 1. The number of ketones is 1. The van der Waals surface area contributed by atoms with Gasteiger partial charge in [0.05, 0.1) is 18.3 Å². The lowest BCUT2D eigenvalue weighted by molar-refractivity contribution is -0.144. The molecule has 29 heavy (non-hydrogen) atoms. The molecule has 0 aromatic heterocycles. The van der Waals surface area contributed by atoms with Crippen LogP contribution in [0.1, 0.15) is 79.1 Å². The summed E-state index contributed by atoms with van der Waals surface area (Å²) < 4.78 is 4.96. The number of aliphatic hydroxyl groups excluding tert-OH is 1. The number of allylic oxidation sites excluding steroid dienone is 3. The fourth-order valence-corrected chi connectivity index (χ4v) is 3.82. The third-order valence-corrected chi connectivity index (χ3v) is 5.62. The van der Waals surface area contributed by atoms with Crippen molar-refractivity contribution in [2.45, 2.75) is 90.8 Å². The number of aliphatic hydroxyl groups is 2. The van der Waals surface area contributed by atoms with Crippen molar-refractivity contribution in [3.63, 3.8) is 0 Å². The lowest BCUT2D eigenvalue weighted by Gasteiger charge is -2.21. The summed E-state index contributed by atoms with van der Waals surface area (Å²) in [5, 5.41) is 20.8. The number of unbranched alkanes of at least 4 members (excludes halogenated alkanes) is 2. The smallest absolute Gasteiger partial charge is 0.306 e. The maximum atomic E-state index is 12.3. The topological polar surface area (TPSA) is 83.8 Å². The van der Waals surface area contributed by atoms with Crippen molar-refractivity contribution < 1.29 is 24.5 Å². The maximum absolute atomic E-state index is 12.3. The number of hydrogen-bond donors (Lipinski definition) is 2. The van der Waals surface area contributed by atoms with Gasteiger partial charge in [0.25, 0.3) is 0 Å². The molecule has 5 atom stereocenters. The molecule has 1 rings (SSSR count). The molecule has 0 radical (unpaired) electrons. The minimum Gasteiger partial charge on any atom is -0.466 e. The van der Waals surface area contributed by atoms with Crippen LogP contribution >= 0.6 is 0 Å². The van der Waals surface area contributed by atoms with E-state index in [-0.39, 0.29) is 35.9 Å². The Labute approximate surface area is 176 Å². The fraction of sp³-hybridized carbons (Fsp3) is 0.750. The number of ether oxygens (including phenoxy) is 1. The molecule has 5 nitrogen and oxygen atoms in total. The van der Waals surface area contributed by atoms with E-state index in [1.165, 1.54) is 0 Å². The molecule has 1 aliphatic rings. The van der Waals surface area contributed by atoms with Gasteiger partial charge < -0.3 is 14.9 Å². The van der Waals surface area contributed by atoms with Crippen LogP contribution in [-0.2, 0) is 14.3 Å². The summed E-state index contributed by atoms with van der Waals surface area (Å²) in [5.74, 6) is -0.478. The van der Waals surface area contributed by atoms with Crippen LogP contribution in [0, 0.1) is 17.8 Å². The van der Waals surface area contributed by atoms with Crippen molar-refractivity contribution in [2.75, 3.05) is 6.61 Å². The van der Waals surface area contributed by atoms with Gasteiger partial charge in [0.2, 0.25) is 0 Å². The van der Waals surface area contributed by atoms with Gasteiger partial charge in [-0.15, -0.1) is 0 Å². The molecule has 0 bridgehead atoms. The number of carbonyl (C=O) groups excluding carboxylic acids is 2. The molecule has 0 amide bonds. The van der Waals surface area contributed by atoms with E-state index in [9.17, 15) is 19.8 Å². The first-order valence-corrected chi connectivity index (χ1v) is 11.1. The van der Waals surface area contributed by atoms with Gasteiger partial charge in [-0.05, 0) is 39.0 Å². The molecular weight excluding hydrogens is 368 g/mol. The Hall–Kier alpha value is -1.46. The summed E-state index contributed by atoms with van der Waals surface area (Å²) >= 11 is 0. The second kappa shape index (κ2) is 13.0. The van der Waals surface area contributed by atoms with E-state index in [1.807, 2.05) is 19.1 Å². The van der Waals surface area contributed by atoms with Crippen molar-refractivity contribution >= 4 is 11.8 Å². The Morgan fingerprint density at radius 1 is 1.31 bits per heavy atom. The SMILES string of the molecule is CCCCC[C@](C)(O)/C=C/[C@H]1C(=O)C[C@H](O)[C@@H]1C/C=C\CC(C)CC(=O)OCC. The summed E-state index contributed by atoms with van der Waals surface area (Å²) in [4.78, 5) is 23.8. The Kier molecular flexibility index (Phi) is 11.4. The molecule has 1 aliphatic carbocycles. The van der Waals surface area contributed by atoms with Crippen molar-refractivity contribution in [2.24, 2.45) is 17.8 Å². The highest BCUT2D eigenvalue weighted by Gasteiger charge is 2.39. The van der Waals surface area contributed by atoms with Gasteiger partial charge in [-0.2, -0.15) is 0 Å². The zero-order valence-electron chi connectivity index (χ0n) is 18.6. The predicted molar refractivity (Wildman–Crippen MR) is 115 cm³/mol. The molecule has 1 fully saturated rings. The zero-order chi connectivity index (χ0) is 21.9. The van der Waals surface area contributed by atoms with E-state index in [0.717, 1.165) is 25.7 Å². The highest BCUT2D eigenvalue weighted by molar-refractivity contribution is 5.86. The number of Topliss-reactive ketones (excluding diaryl/α,β-unsaturated/α-hetero) is 1. The number of rotatable bonds is 13. The van der Waals surface area contributed by atoms with Gasteiger partial charge >= 0.3 is 5.97 Å². The average molecular weight is 409 g/mol. The van der Waals surface area contributed by atoms with Crippen LogP contribution in [-0.4, -0.2) is 40.3 Å². The highest BCUT2D eigenvalue weighted by atomic mass is 16.5. The molecule has 0 spiro atoms. The third-order valence-electron chi connectivity index (χ3n) is 5.62. The van der Waals surface area contributed by atoms with Gasteiger partial charge in [0.15, 0.2) is 0 Å². The Morgan fingerprint density at radius 2 is 2.03 bits per heavy atom. The molecule has 2 N–H and O–H groups in total. The summed E-state index contributed by atoms with van der Waals surface area (Å²) in [6.45, 7) is 8.09. The van der Waals surface area contributed by atoms with Crippen molar-refractivity contribution in [1.82, 2.24) is 0 Å². The number of hydrogen-bond acceptors (Lipinski definition) is 5. The molecule has 0 aliphatic heterocycles. The van der Waals surface area contributed by atoms with Crippen LogP contribution in [0.5, 0.6) is 0 Å². The first kappa shape index (κ1) is 25.6. The van der Waals surface area contributed by atoms with Crippen molar-refractivity contribution in [3.05, 3.63) is 24.3 Å². The van der Waals surface area contributed by atoms with Crippen molar-refractivity contribution in [1.29, 1.82) is 0 Å². The molecule has 0 aromatic carbocycles. The lowest BCUT2D eigenvalue weighted by atomic mass is 9.88. The van der Waals surface area contributed by atoms with E-state index in [0.29, 0.717) is 25.9 Å². The first-order chi connectivity index (χ1) is 13.7. The minimum atomic E-state index is -0.925.